The van der Waals surface area contributed by atoms with Gasteiger partial charge in [0.1, 0.15) is 0 Å². The van der Waals surface area contributed by atoms with Crippen molar-refractivity contribution >= 4 is 11.7 Å². The van der Waals surface area contributed by atoms with Crippen molar-refractivity contribution in [3.8, 4) is 5.88 Å². The summed E-state index contributed by atoms with van der Waals surface area (Å²) in [6.45, 7) is 2.71. The Hall–Kier alpha value is -1.89. The standard InChI is InChI=1S/C16H23FN4O2/c1-23-16-11(10-19-15(22)13-5-4-6-18-13)9-12(17)14(20-16)21-7-2-3-8-21/h9,13,18H,2-8,10H2,1H3,(H,19,22). The van der Waals surface area contributed by atoms with Crippen LogP contribution in [0.3, 0.4) is 0 Å². The van der Waals surface area contributed by atoms with Crippen LogP contribution in [-0.4, -0.2) is 43.7 Å². The third-order valence-corrected chi connectivity index (χ3v) is 4.43. The molecule has 2 N–H and O–H groups in total. The predicted octanol–water partition coefficient (Wildman–Crippen LogP) is 1.20. The Balaban J connectivity index is 1.70. The van der Waals surface area contributed by atoms with Gasteiger partial charge in [-0.3, -0.25) is 4.79 Å². The molecule has 6 nitrogen and oxygen atoms in total. The van der Waals surface area contributed by atoms with Gasteiger partial charge < -0.3 is 20.3 Å². The van der Waals surface area contributed by atoms with Crippen molar-refractivity contribution in [2.75, 3.05) is 31.6 Å². The number of hydrogen-bond donors (Lipinski definition) is 2. The van der Waals surface area contributed by atoms with E-state index in [1.165, 1.54) is 13.2 Å². The second kappa shape index (κ2) is 7.12. The molecule has 2 aliphatic heterocycles. The smallest absolute Gasteiger partial charge is 0.237 e. The highest BCUT2D eigenvalue weighted by Gasteiger charge is 2.23. The lowest BCUT2D eigenvalue weighted by Gasteiger charge is -2.19. The molecule has 0 saturated carbocycles. The summed E-state index contributed by atoms with van der Waals surface area (Å²) >= 11 is 0. The Morgan fingerprint density at radius 1 is 1.48 bits per heavy atom. The van der Waals surface area contributed by atoms with Gasteiger partial charge >= 0.3 is 0 Å². The Labute approximate surface area is 135 Å². The molecule has 1 amide bonds. The molecule has 1 aromatic heterocycles. The molecular weight excluding hydrogens is 299 g/mol. The van der Waals surface area contributed by atoms with E-state index in [1.54, 1.807) is 0 Å². The number of rotatable bonds is 5. The van der Waals surface area contributed by atoms with E-state index in [0.717, 1.165) is 45.3 Å². The molecule has 2 fully saturated rings. The fraction of sp³-hybridized carbons (Fsp3) is 0.625. The van der Waals surface area contributed by atoms with E-state index in [1.807, 2.05) is 4.90 Å². The first-order valence-electron chi connectivity index (χ1n) is 8.18. The van der Waals surface area contributed by atoms with E-state index in [0.29, 0.717) is 17.3 Å². The van der Waals surface area contributed by atoms with Gasteiger partial charge in [0, 0.05) is 25.2 Å². The summed E-state index contributed by atoms with van der Waals surface area (Å²) in [5.74, 6) is 0.282. The van der Waals surface area contributed by atoms with Gasteiger partial charge in [-0.15, -0.1) is 0 Å². The number of pyridine rings is 1. The average Bonchev–Trinajstić information content (AvgIpc) is 3.25. The number of halogens is 1. The summed E-state index contributed by atoms with van der Waals surface area (Å²) < 4.78 is 19.6. The topological polar surface area (TPSA) is 66.5 Å². The highest BCUT2D eigenvalue weighted by atomic mass is 19.1. The van der Waals surface area contributed by atoms with Crippen LogP contribution in [0.25, 0.3) is 0 Å². The summed E-state index contributed by atoms with van der Waals surface area (Å²) in [7, 11) is 1.51. The number of carbonyl (C=O) groups excluding carboxylic acids is 1. The quantitative estimate of drug-likeness (QED) is 0.853. The average molecular weight is 322 g/mol. The van der Waals surface area contributed by atoms with Crippen molar-refractivity contribution in [2.45, 2.75) is 38.3 Å². The van der Waals surface area contributed by atoms with Crippen molar-refractivity contribution in [2.24, 2.45) is 0 Å². The number of carbonyl (C=O) groups is 1. The van der Waals surface area contributed by atoms with Gasteiger partial charge in [-0.1, -0.05) is 0 Å². The molecule has 1 aromatic rings. The Morgan fingerprint density at radius 2 is 2.26 bits per heavy atom. The van der Waals surface area contributed by atoms with E-state index >= 15 is 0 Å². The SMILES string of the molecule is COc1nc(N2CCCC2)c(F)cc1CNC(=O)C1CCCN1. The number of amides is 1. The molecule has 2 saturated heterocycles. The van der Waals surface area contributed by atoms with Crippen molar-refractivity contribution in [3.05, 3.63) is 17.4 Å². The minimum absolute atomic E-state index is 0.0615. The molecular formula is C16H23FN4O2. The van der Waals surface area contributed by atoms with Gasteiger partial charge in [0.05, 0.1) is 13.2 Å². The summed E-state index contributed by atoms with van der Waals surface area (Å²) in [5, 5.41) is 5.97. The molecule has 0 aromatic carbocycles. The zero-order chi connectivity index (χ0) is 16.2. The molecule has 23 heavy (non-hydrogen) atoms. The third-order valence-electron chi connectivity index (χ3n) is 4.43. The maximum atomic E-state index is 14.4. The van der Waals surface area contributed by atoms with Crippen LogP contribution in [0.2, 0.25) is 0 Å². The highest BCUT2D eigenvalue weighted by molar-refractivity contribution is 5.82. The molecule has 1 unspecified atom stereocenters. The van der Waals surface area contributed by atoms with Crippen LogP contribution in [-0.2, 0) is 11.3 Å². The molecule has 1 atom stereocenters. The van der Waals surface area contributed by atoms with Crippen LogP contribution < -0.4 is 20.3 Å². The number of anilines is 1. The van der Waals surface area contributed by atoms with Crippen molar-refractivity contribution in [1.82, 2.24) is 15.6 Å². The number of ether oxygens (including phenoxy) is 1. The van der Waals surface area contributed by atoms with Crippen LogP contribution in [0, 0.1) is 5.82 Å². The van der Waals surface area contributed by atoms with E-state index in [4.69, 9.17) is 4.74 Å². The largest absolute Gasteiger partial charge is 0.481 e. The summed E-state index contributed by atoms with van der Waals surface area (Å²) in [6.07, 6.45) is 3.94. The fourth-order valence-corrected chi connectivity index (χ4v) is 3.17. The molecule has 0 spiro atoms. The fourth-order valence-electron chi connectivity index (χ4n) is 3.17. The first kappa shape index (κ1) is 16.0. The molecule has 3 heterocycles. The molecule has 0 bridgehead atoms. The van der Waals surface area contributed by atoms with Crippen molar-refractivity contribution in [1.29, 1.82) is 0 Å². The first-order chi connectivity index (χ1) is 11.2. The van der Waals surface area contributed by atoms with Crippen LogP contribution in [0.1, 0.15) is 31.2 Å². The van der Waals surface area contributed by atoms with Gasteiger partial charge in [-0.25, -0.2) is 4.39 Å². The lowest BCUT2D eigenvalue weighted by molar-refractivity contribution is -0.122. The summed E-state index contributed by atoms with van der Waals surface area (Å²) in [6, 6.07) is 1.27. The number of methoxy groups -OCH3 is 1. The monoisotopic (exact) mass is 322 g/mol. The van der Waals surface area contributed by atoms with Crippen LogP contribution in [0.15, 0.2) is 6.07 Å². The summed E-state index contributed by atoms with van der Waals surface area (Å²) in [5.41, 5.74) is 0.555. The van der Waals surface area contributed by atoms with E-state index in [2.05, 4.69) is 15.6 Å². The van der Waals surface area contributed by atoms with Gasteiger partial charge in [-0.05, 0) is 38.3 Å². The highest BCUT2D eigenvalue weighted by Crippen LogP contribution is 2.27. The van der Waals surface area contributed by atoms with Crippen molar-refractivity contribution < 1.29 is 13.9 Å². The van der Waals surface area contributed by atoms with E-state index in [9.17, 15) is 9.18 Å². The molecule has 0 radical (unpaired) electrons. The maximum Gasteiger partial charge on any atom is 0.237 e. The first-order valence-corrected chi connectivity index (χ1v) is 8.18. The van der Waals surface area contributed by atoms with Gasteiger partial charge in [-0.2, -0.15) is 4.98 Å². The van der Waals surface area contributed by atoms with E-state index in [-0.39, 0.29) is 24.3 Å². The lowest BCUT2D eigenvalue weighted by Crippen LogP contribution is -2.40. The zero-order valence-corrected chi connectivity index (χ0v) is 13.4. The molecule has 0 aliphatic carbocycles. The summed E-state index contributed by atoms with van der Waals surface area (Å²) in [4.78, 5) is 18.3. The molecule has 126 valence electrons. The number of nitrogens with zero attached hydrogens (tertiary/aromatic N) is 2. The van der Waals surface area contributed by atoms with Crippen LogP contribution in [0.4, 0.5) is 10.2 Å². The molecule has 3 rings (SSSR count). The van der Waals surface area contributed by atoms with Gasteiger partial charge in [0.15, 0.2) is 11.6 Å². The second-order valence-electron chi connectivity index (χ2n) is 6.02. The predicted molar refractivity (Wildman–Crippen MR) is 85.1 cm³/mol. The van der Waals surface area contributed by atoms with Crippen LogP contribution in [0.5, 0.6) is 5.88 Å². The van der Waals surface area contributed by atoms with Gasteiger partial charge in [0.25, 0.3) is 0 Å². The lowest BCUT2D eigenvalue weighted by atomic mass is 10.2. The minimum Gasteiger partial charge on any atom is -0.481 e. The number of nitrogens with one attached hydrogen (secondary N) is 2. The van der Waals surface area contributed by atoms with Crippen molar-refractivity contribution in [3.63, 3.8) is 0 Å². The third kappa shape index (κ3) is 3.55. The number of hydrogen-bond acceptors (Lipinski definition) is 5. The van der Waals surface area contributed by atoms with Crippen LogP contribution >= 0.6 is 0 Å². The minimum atomic E-state index is -0.365. The second-order valence-corrected chi connectivity index (χ2v) is 6.02. The maximum absolute atomic E-state index is 14.4. The van der Waals surface area contributed by atoms with Gasteiger partial charge in [0.2, 0.25) is 11.8 Å². The molecule has 7 heteroatoms. The Bertz CT molecular complexity index is 569. The number of aromatic nitrogens is 1. The molecule has 2 aliphatic rings. The van der Waals surface area contributed by atoms with E-state index < -0.39 is 0 Å². The Kier molecular flexibility index (Phi) is 4.95. The Morgan fingerprint density at radius 3 is 2.91 bits per heavy atom. The normalized spacial score (nSPS) is 20.8. The zero-order valence-electron chi connectivity index (χ0n) is 13.4.